The molecular formula is C13H17NS. The molecule has 1 N–H and O–H groups in total. The maximum atomic E-state index is 5.32. The Bertz CT molecular complexity index is 364. The highest BCUT2D eigenvalue weighted by molar-refractivity contribution is 7.80. The Kier molecular flexibility index (Phi) is 2.55. The van der Waals surface area contributed by atoms with Gasteiger partial charge in [-0.3, -0.25) is 0 Å². The van der Waals surface area contributed by atoms with Gasteiger partial charge in [-0.15, -0.1) is 0 Å². The second kappa shape index (κ2) is 3.60. The van der Waals surface area contributed by atoms with E-state index in [1.807, 2.05) is 6.07 Å². The van der Waals surface area contributed by atoms with E-state index in [0.717, 1.165) is 4.99 Å². The summed E-state index contributed by atoms with van der Waals surface area (Å²) in [7, 11) is 0. The second-order valence-corrected chi connectivity index (χ2v) is 5.68. The summed E-state index contributed by atoms with van der Waals surface area (Å²) in [6.45, 7) is 6.75. The average Bonchev–Trinajstić information content (AvgIpc) is 2.12. The van der Waals surface area contributed by atoms with Crippen molar-refractivity contribution in [3.8, 4) is 0 Å². The van der Waals surface area contributed by atoms with Crippen LogP contribution in [-0.2, 0) is 0 Å². The normalized spacial score (nSPS) is 25.7. The molecule has 15 heavy (non-hydrogen) atoms. The van der Waals surface area contributed by atoms with Crippen molar-refractivity contribution in [2.24, 2.45) is 11.3 Å². The van der Waals surface area contributed by atoms with E-state index in [-0.39, 0.29) is 5.41 Å². The fourth-order valence-corrected chi connectivity index (χ4v) is 2.83. The summed E-state index contributed by atoms with van der Waals surface area (Å²) in [5.41, 5.74) is 1.58. The lowest BCUT2D eigenvalue weighted by atomic mass is 9.69. The molecule has 1 aliphatic rings. The van der Waals surface area contributed by atoms with Crippen LogP contribution in [0, 0.1) is 11.3 Å². The van der Waals surface area contributed by atoms with E-state index < -0.39 is 0 Å². The van der Waals surface area contributed by atoms with Gasteiger partial charge in [0.15, 0.2) is 0 Å². The molecule has 1 nitrogen and oxygen atoms in total. The number of rotatable bonds is 1. The van der Waals surface area contributed by atoms with Crippen LogP contribution in [0.4, 0.5) is 0 Å². The van der Waals surface area contributed by atoms with Crippen LogP contribution in [0.5, 0.6) is 0 Å². The predicted octanol–water partition coefficient (Wildman–Crippen LogP) is 3.32. The lowest BCUT2D eigenvalue weighted by Gasteiger charge is -2.47. The molecule has 2 rings (SSSR count). The topological polar surface area (TPSA) is 12.0 Å². The molecule has 0 unspecified atom stereocenters. The van der Waals surface area contributed by atoms with Crippen molar-refractivity contribution in [3.05, 3.63) is 35.9 Å². The van der Waals surface area contributed by atoms with Gasteiger partial charge in [-0.2, -0.15) is 0 Å². The molecule has 1 aromatic rings. The fourth-order valence-electron chi connectivity index (χ4n) is 2.21. The van der Waals surface area contributed by atoms with Crippen LogP contribution in [0.15, 0.2) is 30.3 Å². The first-order valence-corrected chi connectivity index (χ1v) is 5.76. The van der Waals surface area contributed by atoms with Crippen molar-refractivity contribution in [2.45, 2.75) is 26.8 Å². The zero-order valence-corrected chi connectivity index (χ0v) is 10.3. The lowest BCUT2D eigenvalue weighted by Crippen LogP contribution is -2.55. The molecule has 1 heterocycles. The number of thiocarbonyl (C=S) groups is 1. The highest BCUT2D eigenvalue weighted by Crippen LogP contribution is 2.42. The van der Waals surface area contributed by atoms with E-state index in [1.54, 1.807) is 0 Å². The van der Waals surface area contributed by atoms with Crippen molar-refractivity contribution in [3.63, 3.8) is 0 Å². The van der Waals surface area contributed by atoms with Crippen molar-refractivity contribution in [2.75, 3.05) is 0 Å². The minimum Gasteiger partial charge on any atom is -0.372 e. The van der Waals surface area contributed by atoms with Gasteiger partial charge in [0.05, 0.1) is 11.0 Å². The summed E-state index contributed by atoms with van der Waals surface area (Å²) in [5.74, 6) is 0.467. The summed E-state index contributed by atoms with van der Waals surface area (Å²) in [6, 6.07) is 10.9. The first-order valence-electron chi connectivity index (χ1n) is 5.35. The quantitative estimate of drug-likeness (QED) is 0.727. The van der Waals surface area contributed by atoms with Crippen molar-refractivity contribution in [1.29, 1.82) is 0 Å². The Balaban J connectivity index is 2.23. The molecular weight excluding hydrogens is 202 g/mol. The minimum atomic E-state index is 0.239. The Hall–Kier alpha value is -0.890. The second-order valence-electron chi connectivity index (χ2n) is 5.24. The molecule has 1 aromatic carbocycles. The van der Waals surface area contributed by atoms with Crippen LogP contribution in [0.1, 0.15) is 32.4 Å². The lowest BCUT2D eigenvalue weighted by molar-refractivity contribution is 0.218. The van der Waals surface area contributed by atoms with Crippen LogP contribution in [-0.4, -0.2) is 4.99 Å². The number of nitrogens with one attached hydrogen (secondary N) is 1. The van der Waals surface area contributed by atoms with E-state index in [0.29, 0.717) is 12.0 Å². The molecule has 0 aromatic heterocycles. The SMILES string of the molecule is CC(C)(C)[C@@H]1C(=S)N[C@H]1c1ccccc1. The summed E-state index contributed by atoms with van der Waals surface area (Å²) < 4.78 is 0. The van der Waals surface area contributed by atoms with Gasteiger partial charge >= 0.3 is 0 Å². The van der Waals surface area contributed by atoms with E-state index >= 15 is 0 Å². The molecule has 80 valence electrons. The largest absolute Gasteiger partial charge is 0.372 e. The highest BCUT2D eigenvalue weighted by Gasteiger charge is 2.44. The average molecular weight is 219 g/mol. The molecule has 2 heteroatoms. The van der Waals surface area contributed by atoms with Gasteiger partial charge in [-0.1, -0.05) is 63.3 Å². The third-order valence-corrected chi connectivity index (χ3v) is 3.38. The molecule has 0 aliphatic carbocycles. The number of hydrogen-bond acceptors (Lipinski definition) is 1. The van der Waals surface area contributed by atoms with Crippen LogP contribution >= 0.6 is 12.2 Å². The maximum Gasteiger partial charge on any atom is 0.0819 e. The van der Waals surface area contributed by atoms with E-state index in [1.165, 1.54) is 5.56 Å². The zero-order valence-electron chi connectivity index (χ0n) is 9.45. The minimum absolute atomic E-state index is 0.239. The van der Waals surface area contributed by atoms with Crippen molar-refractivity contribution in [1.82, 2.24) is 5.32 Å². The first-order chi connectivity index (χ1) is 7.00. The Morgan fingerprint density at radius 2 is 1.73 bits per heavy atom. The van der Waals surface area contributed by atoms with E-state index in [2.05, 4.69) is 50.4 Å². The van der Waals surface area contributed by atoms with Gasteiger partial charge in [0, 0.05) is 5.92 Å². The van der Waals surface area contributed by atoms with Crippen molar-refractivity contribution >= 4 is 17.2 Å². The smallest absolute Gasteiger partial charge is 0.0819 e. The van der Waals surface area contributed by atoms with Gasteiger partial charge in [-0.25, -0.2) is 0 Å². The maximum absolute atomic E-state index is 5.32. The van der Waals surface area contributed by atoms with Gasteiger partial charge in [0.25, 0.3) is 0 Å². The number of hydrogen-bond donors (Lipinski definition) is 1. The Morgan fingerprint density at radius 3 is 2.20 bits per heavy atom. The summed E-state index contributed by atoms with van der Waals surface area (Å²) >= 11 is 5.32. The Labute approximate surface area is 96.9 Å². The molecule has 0 radical (unpaired) electrons. The van der Waals surface area contributed by atoms with Crippen LogP contribution in [0.25, 0.3) is 0 Å². The first kappa shape index (κ1) is 10.6. The monoisotopic (exact) mass is 219 g/mol. The molecule has 0 amide bonds. The molecule has 1 aliphatic heterocycles. The molecule has 0 bridgehead atoms. The van der Waals surface area contributed by atoms with Gasteiger partial charge in [-0.05, 0) is 11.0 Å². The van der Waals surface area contributed by atoms with E-state index in [9.17, 15) is 0 Å². The van der Waals surface area contributed by atoms with Crippen LogP contribution in [0.2, 0.25) is 0 Å². The highest BCUT2D eigenvalue weighted by atomic mass is 32.1. The summed E-state index contributed by atoms with van der Waals surface area (Å²) in [5, 5.41) is 3.35. The summed E-state index contributed by atoms with van der Waals surface area (Å²) in [6.07, 6.45) is 0. The van der Waals surface area contributed by atoms with Crippen LogP contribution in [0.3, 0.4) is 0 Å². The number of benzene rings is 1. The van der Waals surface area contributed by atoms with Gasteiger partial charge in [0.2, 0.25) is 0 Å². The molecule has 0 saturated carbocycles. The third kappa shape index (κ3) is 1.91. The zero-order chi connectivity index (χ0) is 11.1. The van der Waals surface area contributed by atoms with Crippen LogP contribution < -0.4 is 5.32 Å². The third-order valence-electron chi connectivity index (χ3n) is 3.01. The molecule has 1 fully saturated rings. The summed E-state index contributed by atoms with van der Waals surface area (Å²) in [4.78, 5) is 1.01. The fraction of sp³-hybridized carbons (Fsp3) is 0.462. The van der Waals surface area contributed by atoms with Crippen molar-refractivity contribution < 1.29 is 0 Å². The van der Waals surface area contributed by atoms with Gasteiger partial charge in [0.1, 0.15) is 0 Å². The Morgan fingerprint density at radius 1 is 1.13 bits per heavy atom. The van der Waals surface area contributed by atoms with E-state index in [4.69, 9.17) is 12.2 Å². The van der Waals surface area contributed by atoms with Gasteiger partial charge < -0.3 is 5.32 Å². The predicted molar refractivity (Wildman–Crippen MR) is 67.9 cm³/mol. The molecule has 1 saturated heterocycles. The molecule has 2 atom stereocenters. The molecule has 0 spiro atoms. The standard InChI is InChI=1S/C13H17NS/c1-13(2,3)10-11(14-12(10)15)9-7-5-4-6-8-9/h4-8,10-11H,1-3H3,(H,14,15)/t10-,11-/m0/s1.